The van der Waals surface area contributed by atoms with Crippen molar-refractivity contribution in [2.75, 3.05) is 32.7 Å². The highest BCUT2D eigenvalue weighted by Crippen LogP contribution is 2.20. The highest BCUT2D eigenvalue weighted by atomic mass is 16.2. The lowest BCUT2D eigenvalue weighted by Gasteiger charge is -2.35. The van der Waals surface area contributed by atoms with Crippen LogP contribution >= 0.6 is 0 Å². The molecule has 0 spiro atoms. The Balaban J connectivity index is 1.51. The topological polar surface area (TPSA) is 52.7 Å². The van der Waals surface area contributed by atoms with E-state index in [1.807, 2.05) is 36.1 Å². The number of carbonyl (C=O) groups excluding carboxylic acids is 2. The molecule has 2 fully saturated rings. The van der Waals surface area contributed by atoms with Crippen LogP contribution in [-0.4, -0.2) is 60.4 Å². The minimum Gasteiger partial charge on any atom is -0.353 e. The van der Waals surface area contributed by atoms with Crippen molar-refractivity contribution in [2.24, 2.45) is 5.92 Å². The van der Waals surface area contributed by atoms with E-state index in [1.54, 1.807) is 0 Å². The molecular formula is C22H33N3O2. The summed E-state index contributed by atoms with van der Waals surface area (Å²) in [6.45, 7) is 8.80. The smallest absolute Gasteiger partial charge is 0.253 e. The van der Waals surface area contributed by atoms with Gasteiger partial charge in [-0.2, -0.15) is 0 Å². The highest BCUT2D eigenvalue weighted by Gasteiger charge is 2.30. The van der Waals surface area contributed by atoms with Gasteiger partial charge in [-0.25, -0.2) is 0 Å². The molecule has 5 heteroatoms. The first-order valence-corrected chi connectivity index (χ1v) is 10.5. The van der Waals surface area contributed by atoms with Gasteiger partial charge < -0.3 is 15.1 Å². The Bertz CT molecular complexity index is 635. The monoisotopic (exact) mass is 371 g/mol. The van der Waals surface area contributed by atoms with Crippen LogP contribution in [0.3, 0.4) is 0 Å². The fourth-order valence-electron chi connectivity index (χ4n) is 4.19. The van der Waals surface area contributed by atoms with E-state index in [2.05, 4.69) is 17.1 Å². The Morgan fingerprint density at radius 1 is 1.07 bits per heavy atom. The molecule has 0 radical (unpaired) electrons. The number of aryl methyl sites for hydroxylation is 1. The van der Waals surface area contributed by atoms with Crippen molar-refractivity contribution in [3.63, 3.8) is 0 Å². The lowest BCUT2D eigenvalue weighted by molar-refractivity contribution is -0.127. The molecule has 0 aliphatic carbocycles. The van der Waals surface area contributed by atoms with Crippen molar-refractivity contribution in [1.82, 2.24) is 15.1 Å². The molecule has 2 aliphatic rings. The lowest BCUT2D eigenvalue weighted by Crippen LogP contribution is -2.50. The van der Waals surface area contributed by atoms with Gasteiger partial charge in [0.2, 0.25) is 5.91 Å². The molecular weight excluding hydrogens is 338 g/mol. The summed E-state index contributed by atoms with van der Waals surface area (Å²) in [5.41, 5.74) is 1.86. The van der Waals surface area contributed by atoms with Crippen LogP contribution in [0, 0.1) is 12.8 Å². The lowest BCUT2D eigenvalue weighted by atomic mass is 9.95. The van der Waals surface area contributed by atoms with Crippen LogP contribution in [0.2, 0.25) is 0 Å². The van der Waals surface area contributed by atoms with Gasteiger partial charge in [-0.1, -0.05) is 24.6 Å². The Hall–Kier alpha value is -1.88. The molecule has 2 amide bonds. The Labute approximate surface area is 163 Å². The fraction of sp³-hybridized carbons (Fsp3) is 0.636. The van der Waals surface area contributed by atoms with Crippen LogP contribution in [0.25, 0.3) is 0 Å². The van der Waals surface area contributed by atoms with E-state index >= 15 is 0 Å². The molecule has 1 aromatic carbocycles. The maximum atomic E-state index is 12.8. The third-order valence-electron chi connectivity index (χ3n) is 5.85. The van der Waals surface area contributed by atoms with Crippen molar-refractivity contribution >= 4 is 11.8 Å². The average Bonchev–Trinajstić information content (AvgIpc) is 2.70. The van der Waals surface area contributed by atoms with Gasteiger partial charge in [0.05, 0.1) is 5.92 Å². The van der Waals surface area contributed by atoms with Crippen molar-refractivity contribution in [2.45, 2.75) is 52.0 Å². The van der Waals surface area contributed by atoms with Crippen LogP contribution in [0.5, 0.6) is 0 Å². The summed E-state index contributed by atoms with van der Waals surface area (Å²) in [5.74, 6) is 0.0903. The van der Waals surface area contributed by atoms with Gasteiger partial charge in [0, 0.05) is 37.8 Å². The van der Waals surface area contributed by atoms with Crippen molar-refractivity contribution in [1.29, 1.82) is 0 Å². The summed E-state index contributed by atoms with van der Waals surface area (Å²) in [5, 5.41) is 3.25. The largest absolute Gasteiger partial charge is 0.353 e. The zero-order valence-corrected chi connectivity index (χ0v) is 16.7. The van der Waals surface area contributed by atoms with E-state index in [1.165, 1.54) is 6.42 Å². The number of rotatable bonds is 5. The first-order valence-electron chi connectivity index (χ1n) is 10.5. The average molecular weight is 372 g/mol. The number of amides is 2. The van der Waals surface area contributed by atoms with Crippen molar-refractivity contribution < 1.29 is 9.59 Å². The molecule has 3 rings (SSSR count). The summed E-state index contributed by atoms with van der Waals surface area (Å²) in [4.78, 5) is 29.8. The first kappa shape index (κ1) is 19.9. The SMILES string of the molecule is CCCN1CCC(NC(=O)C2CCCN(C(=O)c3ccc(C)cc3)C2)CC1. The number of hydrogen-bond acceptors (Lipinski definition) is 3. The van der Waals surface area contributed by atoms with Crippen LogP contribution in [0.15, 0.2) is 24.3 Å². The van der Waals surface area contributed by atoms with Crippen LogP contribution < -0.4 is 5.32 Å². The van der Waals surface area contributed by atoms with Crippen molar-refractivity contribution in [3.05, 3.63) is 35.4 Å². The van der Waals surface area contributed by atoms with Gasteiger partial charge in [-0.15, -0.1) is 0 Å². The standard InChI is InChI=1S/C22H33N3O2/c1-3-12-24-14-10-20(11-15-24)23-21(26)19-5-4-13-25(16-19)22(27)18-8-6-17(2)7-9-18/h6-9,19-20H,3-5,10-16H2,1-2H3,(H,23,26). The van der Waals surface area contributed by atoms with Crippen LogP contribution in [0.1, 0.15) is 54.9 Å². The van der Waals surface area contributed by atoms with Gasteiger partial charge in [-0.05, 0) is 57.7 Å². The quantitative estimate of drug-likeness (QED) is 0.866. The number of carbonyl (C=O) groups is 2. The molecule has 0 bridgehead atoms. The molecule has 1 aromatic rings. The maximum Gasteiger partial charge on any atom is 0.253 e. The summed E-state index contributed by atoms with van der Waals surface area (Å²) in [6.07, 6.45) is 5.02. The number of likely N-dealkylation sites (tertiary alicyclic amines) is 2. The number of piperidine rings is 2. The summed E-state index contributed by atoms with van der Waals surface area (Å²) in [7, 11) is 0. The molecule has 0 saturated carbocycles. The summed E-state index contributed by atoms with van der Waals surface area (Å²) < 4.78 is 0. The second-order valence-corrected chi connectivity index (χ2v) is 8.08. The second kappa shape index (κ2) is 9.36. The molecule has 148 valence electrons. The zero-order chi connectivity index (χ0) is 19.2. The molecule has 1 unspecified atom stereocenters. The van der Waals surface area contributed by atoms with Gasteiger partial charge in [0.25, 0.3) is 5.91 Å². The van der Waals surface area contributed by atoms with Gasteiger partial charge >= 0.3 is 0 Å². The molecule has 0 aromatic heterocycles. The summed E-state index contributed by atoms with van der Waals surface area (Å²) >= 11 is 0. The van der Waals surface area contributed by atoms with E-state index in [0.717, 1.165) is 57.4 Å². The third-order valence-corrected chi connectivity index (χ3v) is 5.85. The zero-order valence-electron chi connectivity index (χ0n) is 16.7. The molecule has 27 heavy (non-hydrogen) atoms. The van der Waals surface area contributed by atoms with Crippen LogP contribution in [0.4, 0.5) is 0 Å². The predicted octanol–water partition coefficient (Wildman–Crippen LogP) is 2.84. The maximum absolute atomic E-state index is 12.8. The van der Waals surface area contributed by atoms with Gasteiger partial charge in [0.15, 0.2) is 0 Å². The third kappa shape index (κ3) is 5.32. The molecule has 1 atom stereocenters. The van der Waals surface area contributed by atoms with Gasteiger partial charge in [0.1, 0.15) is 0 Å². The molecule has 2 heterocycles. The molecule has 2 saturated heterocycles. The van der Waals surface area contributed by atoms with E-state index < -0.39 is 0 Å². The minimum atomic E-state index is -0.0816. The normalized spacial score (nSPS) is 21.9. The molecule has 5 nitrogen and oxygen atoms in total. The fourth-order valence-corrected chi connectivity index (χ4v) is 4.19. The van der Waals surface area contributed by atoms with Crippen molar-refractivity contribution in [3.8, 4) is 0 Å². The number of nitrogens with one attached hydrogen (secondary N) is 1. The Morgan fingerprint density at radius 2 is 1.78 bits per heavy atom. The van der Waals surface area contributed by atoms with E-state index in [4.69, 9.17) is 0 Å². The number of hydrogen-bond donors (Lipinski definition) is 1. The van der Waals surface area contributed by atoms with E-state index in [-0.39, 0.29) is 23.8 Å². The van der Waals surface area contributed by atoms with Crippen LogP contribution in [-0.2, 0) is 4.79 Å². The number of nitrogens with zero attached hydrogens (tertiary/aromatic N) is 2. The summed E-state index contributed by atoms with van der Waals surface area (Å²) in [6, 6.07) is 7.98. The number of benzene rings is 1. The van der Waals surface area contributed by atoms with E-state index in [0.29, 0.717) is 12.1 Å². The molecule has 2 aliphatic heterocycles. The second-order valence-electron chi connectivity index (χ2n) is 8.08. The first-order chi connectivity index (χ1) is 13.1. The van der Waals surface area contributed by atoms with E-state index in [9.17, 15) is 9.59 Å². The molecule has 1 N–H and O–H groups in total. The highest BCUT2D eigenvalue weighted by molar-refractivity contribution is 5.94. The van der Waals surface area contributed by atoms with Gasteiger partial charge in [-0.3, -0.25) is 9.59 Å². The Kier molecular flexibility index (Phi) is 6.89. The predicted molar refractivity (Wildman–Crippen MR) is 108 cm³/mol. The Morgan fingerprint density at radius 3 is 2.44 bits per heavy atom. The minimum absolute atomic E-state index is 0.0420.